The second-order valence-corrected chi connectivity index (χ2v) is 5.45. The Balaban J connectivity index is 1.94. The van der Waals surface area contributed by atoms with Crippen molar-refractivity contribution in [2.24, 2.45) is 0 Å². The summed E-state index contributed by atoms with van der Waals surface area (Å²) in [6.07, 6.45) is 1.33. The highest BCUT2D eigenvalue weighted by Crippen LogP contribution is 2.22. The summed E-state index contributed by atoms with van der Waals surface area (Å²) in [6, 6.07) is 10.2. The molecule has 0 amide bonds. The Morgan fingerprint density at radius 1 is 1.17 bits per heavy atom. The van der Waals surface area contributed by atoms with E-state index in [4.69, 9.17) is 0 Å². The van der Waals surface area contributed by atoms with Gasteiger partial charge in [0, 0.05) is 19.8 Å². The molecule has 3 heteroatoms. The molecule has 0 aliphatic heterocycles. The number of aryl methyl sites for hydroxylation is 1. The van der Waals surface area contributed by atoms with Crippen LogP contribution in [0.25, 0.3) is 0 Å². The van der Waals surface area contributed by atoms with Gasteiger partial charge in [-0.05, 0) is 52.9 Å². The molecule has 1 heterocycles. The van der Waals surface area contributed by atoms with Gasteiger partial charge in [-0.25, -0.2) is 0 Å². The highest BCUT2D eigenvalue weighted by molar-refractivity contribution is 7.07. The maximum atomic E-state index is 10.1. The maximum absolute atomic E-state index is 10.1. The number of rotatable bonds is 5. The van der Waals surface area contributed by atoms with Gasteiger partial charge in [0.05, 0.1) is 6.10 Å². The summed E-state index contributed by atoms with van der Waals surface area (Å²) in [4.78, 5) is 2.06. The minimum absolute atomic E-state index is 0.374. The van der Waals surface area contributed by atoms with Crippen LogP contribution < -0.4 is 4.90 Å². The second kappa shape index (κ2) is 6.03. The molecule has 18 heavy (non-hydrogen) atoms. The molecule has 1 aromatic carbocycles. The summed E-state index contributed by atoms with van der Waals surface area (Å²) in [5.41, 5.74) is 3.46. The van der Waals surface area contributed by atoms with E-state index < -0.39 is 0 Å². The van der Waals surface area contributed by atoms with Gasteiger partial charge in [0.2, 0.25) is 0 Å². The van der Waals surface area contributed by atoms with E-state index in [1.807, 2.05) is 38.4 Å². The van der Waals surface area contributed by atoms with Crippen molar-refractivity contribution < 1.29 is 5.11 Å². The predicted octanol–water partition coefficient (Wildman–Crippen LogP) is 3.48. The molecule has 96 valence electrons. The van der Waals surface area contributed by atoms with E-state index in [9.17, 15) is 5.11 Å². The molecule has 0 saturated carbocycles. The van der Waals surface area contributed by atoms with Crippen molar-refractivity contribution in [1.29, 1.82) is 0 Å². The molecule has 0 bridgehead atoms. The number of aliphatic hydroxyl groups excluding tert-OH is 1. The van der Waals surface area contributed by atoms with Crippen LogP contribution in [-0.2, 0) is 6.42 Å². The van der Waals surface area contributed by atoms with Crippen molar-refractivity contribution in [3.8, 4) is 0 Å². The lowest BCUT2D eigenvalue weighted by Crippen LogP contribution is -2.08. The Bertz CT molecular complexity index is 462. The van der Waals surface area contributed by atoms with Crippen LogP contribution in [0.1, 0.15) is 23.7 Å². The first-order chi connectivity index (χ1) is 8.66. The van der Waals surface area contributed by atoms with Gasteiger partial charge < -0.3 is 10.0 Å². The van der Waals surface area contributed by atoms with Crippen molar-refractivity contribution in [3.63, 3.8) is 0 Å². The Morgan fingerprint density at radius 3 is 2.44 bits per heavy atom. The van der Waals surface area contributed by atoms with E-state index in [-0.39, 0.29) is 6.10 Å². The topological polar surface area (TPSA) is 23.5 Å². The molecular weight excluding hydrogens is 242 g/mol. The quantitative estimate of drug-likeness (QED) is 0.890. The summed E-state index contributed by atoms with van der Waals surface area (Å²) in [5.74, 6) is 0. The fourth-order valence-corrected chi connectivity index (χ4v) is 2.60. The van der Waals surface area contributed by atoms with Gasteiger partial charge in [-0.1, -0.05) is 12.1 Å². The van der Waals surface area contributed by atoms with Gasteiger partial charge in [0.1, 0.15) is 0 Å². The number of aliphatic hydroxyl groups is 1. The minimum Gasteiger partial charge on any atom is -0.388 e. The summed E-state index contributed by atoms with van der Waals surface area (Å²) in [5, 5.41) is 14.4. The van der Waals surface area contributed by atoms with Crippen LogP contribution in [0.15, 0.2) is 41.1 Å². The molecule has 1 aromatic heterocycles. The van der Waals surface area contributed by atoms with Crippen LogP contribution in [0.3, 0.4) is 0 Å². The largest absolute Gasteiger partial charge is 0.388 e. The molecule has 1 atom stereocenters. The molecule has 1 N–H and O–H groups in total. The van der Waals surface area contributed by atoms with Crippen molar-refractivity contribution in [3.05, 3.63) is 52.2 Å². The molecular formula is C15H19NOS. The minimum atomic E-state index is -0.374. The number of benzene rings is 1. The zero-order valence-electron chi connectivity index (χ0n) is 10.8. The third-order valence-electron chi connectivity index (χ3n) is 3.08. The van der Waals surface area contributed by atoms with E-state index in [2.05, 4.69) is 21.7 Å². The van der Waals surface area contributed by atoms with Gasteiger partial charge in [-0.15, -0.1) is 0 Å². The molecule has 0 aliphatic carbocycles. The van der Waals surface area contributed by atoms with Crippen molar-refractivity contribution in [2.45, 2.75) is 18.9 Å². The van der Waals surface area contributed by atoms with Crippen LogP contribution in [0.4, 0.5) is 5.69 Å². The zero-order valence-corrected chi connectivity index (χ0v) is 11.7. The van der Waals surface area contributed by atoms with Gasteiger partial charge in [-0.2, -0.15) is 11.3 Å². The van der Waals surface area contributed by atoms with Gasteiger partial charge in [-0.3, -0.25) is 0 Å². The average Bonchev–Trinajstić information content (AvgIpc) is 2.89. The second-order valence-electron chi connectivity index (χ2n) is 4.67. The van der Waals surface area contributed by atoms with Crippen LogP contribution in [-0.4, -0.2) is 19.2 Å². The van der Waals surface area contributed by atoms with Crippen LogP contribution >= 0.6 is 11.3 Å². The van der Waals surface area contributed by atoms with E-state index >= 15 is 0 Å². The Hall–Kier alpha value is -1.32. The van der Waals surface area contributed by atoms with Crippen molar-refractivity contribution in [1.82, 2.24) is 0 Å². The van der Waals surface area contributed by atoms with Gasteiger partial charge >= 0.3 is 0 Å². The van der Waals surface area contributed by atoms with Crippen LogP contribution in [0.2, 0.25) is 0 Å². The van der Waals surface area contributed by atoms with Crippen molar-refractivity contribution >= 4 is 17.0 Å². The fourth-order valence-electron chi connectivity index (χ4n) is 1.90. The maximum Gasteiger partial charge on any atom is 0.0793 e. The van der Waals surface area contributed by atoms with E-state index in [1.165, 1.54) is 5.56 Å². The molecule has 0 fully saturated rings. The summed E-state index contributed by atoms with van der Waals surface area (Å²) >= 11 is 1.71. The number of nitrogens with zero attached hydrogens (tertiary/aromatic N) is 1. The zero-order chi connectivity index (χ0) is 13.0. The molecule has 0 radical (unpaired) electrons. The summed E-state index contributed by atoms with van der Waals surface area (Å²) < 4.78 is 0. The first-order valence-electron chi connectivity index (χ1n) is 6.13. The standard InChI is InChI=1S/C15H19NOS/c1-16(2)14-6-4-13(5-7-14)15(17)8-3-12-9-10-18-11-12/h4-7,9-11,15,17H,3,8H2,1-2H3. The van der Waals surface area contributed by atoms with Crippen LogP contribution in [0.5, 0.6) is 0 Å². The number of hydrogen-bond donors (Lipinski definition) is 1. The monoisotopic (exact) mass is 261 g/mol. The number of hydrogen-bond acceptors (Lipinski definition) is 3. The molecule has 0 saturated heterocycles. The molecule has 1 unspecified atom stereocenters. The Kier molecular flexibility index (Phi) is 4.39. The fraction of sp³-hybridized carbons (Fsp3) is 0.333. The lowest BCUT2D eigenvalue weighted by atomic mass is 10.0. The highest BCUT2D eigenvalue weighted by Gasteiger charge is 2.08. The third-order valence-corrected chi connectivity index (χ3v) is 3.81. The smallest absolute Gasteiger partial charge is 0.0793 e. The SMILES string of the molecule is CN(C)c1ccc(C(O)CCc2ccsc2)cc1. The lowest BCUT2D eigenvalue weighted by Gasteiger charge is -2.15. The Morgan fingerprint density at radius 2 is 1.89 bits per heavy atom. The summed E-state index contributed by atoms with van der Waals surface area (Å²) in [7, 11) is 4.03. The van der Waals surface area contributed by atoms with E-state index in [0.29, 0.717) is 0 Å². The first kappa shape index (κ1) is 13.1. The summed E-state index contributed by atoms with van der Waals surface area (Å²) in [6.45, 7) is 0. The van der Waals surface area contributed by atoms with E-state index in [1.54, 1.807) is 11.3 Å². The van der Waals surface area contributed by atoms with Crippen LogP contribution in [0, 0.1) is 0 Å². The molecule has 0 aliphatic rings. The predicted molar refractivity (Wildman–Crippen MR) is 78.4 cm³/mol. The number of anilines is 1. The molecule has 2 rings (SSSR count). The molecule has 2 aromatic rings. The van der Waals surface area contributed by atoms with E-state index in [0.717, 1.165) is 24.1 Å². The van der Waals surface area contributed by atoms with Gasteiger partial charge in [0.15, 0.2) is 0 Å². The van der Waals surface area contributed by atoms with Gasteiger partial charge in [0.25, 0.3) is 0 Å². The average molecular weight is 261 g/mol. The molecule has 0 spiro atoms. The Labute approximate surface area is 113 Å². The first-order valence-corrected chi connectivity index (χ1v) is 7.07. The van der Waals surface area contributed by atoms with Crippen molar-refractivity contribution in [2.75, 3.05) is 19.0 Å². The number of thiophene rings is 1. The third kappa shape index (κ3) is 3.34. The normalized spacial score (nSPS) is 12.4. The lowest BCUT2D eigenvalue weighted by molar-refractivity contribution is 0.168. The highest BCUT2D eigenvalue weighted by atomic mass is 32.1. The molecule has 2 nitrogen and oxygen atoms in total.